The zero-order valence-corrected chi connectivity index (χ0v) is 10.2. The van der Waals surface area contributed by atoms with Crippen LogP contribution in [0, 0.1) is 18.3 Å². The number of aryl methyl sites for hydroxylation is 2. The number of nitrogens with zero attached hydrogens (tertiary/aromatic N) is 2. The molecule has 2 aromatic rings. The molecule has 2 rings (SSSR count). The molecule has 0 amide bonds. The Morgan fingerprint density at radius 2 is 2.19 bits per heavy atom. The van der Waals surface area contributed by atoms with Crippen molar-refractivity contribution in [3.8, 4) is 6.07 Å². The van der Waals surface area contributed by atoms with Gasteiger partial charge in [0.2, 0.25) is 0 Å². The van der Waals surface area contributed by atoms with Crippen molar-refractivity contribution in [2.45, 2.75) is 19.8 Å². The van der Waals surface area contributed by atoms with Crippen molar-refractivity contribution in [3.05, 3.63) is 34.5 Å². The predicted molar refractivity (Wildman–Crippen MR) is 66.6 cm³/mol. The third kappa shape index (κ3) is 1.58. The molecule has 82 valence electrons. The molecule has 1 aromatic carbocycles. The lowest BCUT2D eigenvalue weighted by atomic mass is 10.1. The molecule has 0 aliphatic rings. The summed E-state index contributed by atoms with van der Waals surface area (Å²) >= 11 is 6.20. The minimum atomic E-state index is 0.548. The van der Waals surface area contributed by atoms with Crippen molar-refractivity contribution < 1.29 is 0 Å². The van der Waals surface area contributed by atoms with E-state index in [4.69, 9.17) is 16.9 Å². The molecule has 3 heteroatoms. The lowest BCUT2D eigenvalue weighted by molar-refractivity contribution is 0.888. The van der Waals surface area contributed by atoms with Crippen LogP contribution in [0.25, 0.3) is 10.9 Å². The molecule has 0 N–H and O–H groups in total. The fourth-order valence-corrected chi connectivity index (χ4v) is 2.46. The second-order valence-corrected chi connectivity index (χ2v) is 4.32. The van der Waals surface area contributed by atoms with Gasteiger partial charge in [0.15, 0.2) is 0 Å². The van der Waals surface area contributed by atoms with E-state index < -0.39 is 0 Å². The smallest absolute Gasteiger partial charge is 0.0672 e. The number of fused-ring (bicyclic) bond motifs is 1. The average Bonchev–Trinajstić information content (AvgIpc) is 2.51. The van der Waals surface area contributed by atoms with Gasteiger partial charge in [0.1, 0.15) is 0 Å². The van der Waals surface area contributed by atoms with Gasteiger partial charge in [0, 0.05) is 24.5 Å². The quantitative estimate of drug-likeness (QED) is 0.778. The van der Waals surface area contributed by atoms with Crippen LogP contribution in [-0.2, 0) is 13.5 Å². The Labute approximate surface area is 100 Å². The van der Waals surface area contributed by atoms with E-state index >= 15 is 0 Å². The first-order valence-corrected chi connectivity index (χ1v) is 5.64. The maximum Gasteiger partial charge on any atom is 0.0672 e. The first-order valence-electron chi connectivity index (χ1n) is 5.26. The van der Waals surface area contributed by atoms with Gasteiger partial charge in [-0.25, -0.2) is 0 Å². The Morgan fingerprint density at radius 1 is 1.44 bits per heavy atom. The molecule has 0 fully saturated rings. The molecule has 0 saturated carbocycles. The van der Waals surface area contributed by atoms with Gasteiger partial charge in [-0.3, -0.25) is 0 Å². The van der Waals surface area contributed by atoms with Crippen LogP contribution in [0.1, 0.15) is 17.7 Å². The number of halogens is 1. The van der Waals surface area contributed by atoms with Gasteiger partial charge >= 0.3 is 0 Å². The van der Waals surface area contributed by atoms with Gasteiger partial charge in [-0.2, -0.15) is 5.26 Å². The zero-order chi connectivity index (χ0) is 11.7. The van der Waals surface area contributed by atoms with E-state index in [1.165, 1.54) is 16.6 Å². The molecule has 0 aliphatic heterocycles. The van der Waals surface area contributed by atoms with Crippen LogP contribution in [0.15, 0.2) is 18.2 Å². The highest BCUT2D eigenvalue weighted by Gasteiger charge is 2.13. The Balaban J connectivity index is 2.70. The Kier molecular flexibility index (Phi) is 2.89. The summed E-state index contributed by atoms with van der Waals surface area (Å²) < 4.78 is 2.10. The zero-order valence-electron chi connectivity index (χ0n) is 9.42. The summed E-state index contributed by atoms with van der Waals surface area (Å²) in [5.41, 5.74) is 3.49. The molecule has 0 bridgehead atoms. The number of para-hydroxylation sites is 1. The topological polar surface area (TPSA) is 28.7 Å². The summed E-state index contributed by atoms with van der Waals surface area (Å²) in [6.07, 6.45) is 1.34. The van der Waals surface area contributed by atoms with Crippen LogP contribution in [0.4, 0.5) is 0 Å². The second kappa shape index (κ2) is 4.19. The standard InChI is InChI=1S/C13H13ClN2/c1-9-10(6-4-8-15)11-5-3-7-12(14)13(11)16(9)2/h3,5,7H,4,6H2,1-2H3. The van der Waals surface area contributed by atoms with Gasteiger partial charge in [-0.1, -0.05) is 23.7 Å². The molecule has 16 heavy (non-hydrogen) atoms. The number of hydrogen-bond donors (Lipinski definition) is 0. The molecule has 0 saturated heterocycles. The van der Waals surface area contributed by atoms with E-state index in [0.717, 1.165) is 17.0 Å². The summed E-state index contributed by atoms with van der Waals surface area (Å²) in [7, 11) is 2.01. The Hall–Kier alpha value is -1.46. The van der Waals surface area contributed by atoms with E-state index in [9.17, 15) is 0 Å². The lowest BCUT2D eigenvalue weighted by Crippen LogP contribution is -1.92. The average molecular weight is 233 g/mol. The molecule has 0 radical (unpaired) electrons. The van der Waals surface area contributed by atoms with Crippen LogP contribution in [0.2, 0.25) is 5.02 Å². The number of nitriles is 1. The highest BCUT2D eigenvalue weighted by molar-refractivity contribution is 6.35. The Morgan fingerprint density at radius 3 is 2.88 bits per heavy atom. The van der Waals surface area contributed by atoms with Crippen LogP contribution in [-0.4, -0.2) is 4.57 Å². The molecule has 0 spiro atoms. The summed E-state index contributed by atoms with van der Waals surface area (Å²) in [6, 6.07) is 8.12. The first-order chi connectivity index (χ1) is 7.66. The largest absolute Gasteiger partial charge is 0.346 e. The Bertz CT molecular complexity index is 576. The van der Waals surface area contributed by atoms with Crippen molar-refractivity contribution in [2.24, 2.45) is 7.05 Å². The van der Waals surface area contributed by atoms with Crippen molar-refractivity contribution in [1.29, 1.82) is 5.26 Å². The molecule has 0 aliphatic carbocycles. The van der Waals surface area contributed by atoms with E-state index in [1.54, 1.807) is 0 Å². The van der Waals surface area contributed by atoms with Crippen LogP contribution in [0.3, 0.4) is 0 Å². The van der Waals surface area contributed by atoms with Crippen molar-refractivity contribution in [3.63, 3.8) is 0 Å². The SMILES string of the molecule is Cc1c(CCC#N)c2cccc(Cl)c2n1C. The van der Waals surface area contributed by atoms with Crippen molar-refractivity contribution >= 4 is 22.5 Å². The minimum Gasteiger partial charge on any atom is -0.346 e. The molecule has 1 aromatic heterocycles. The highest BCUT2D eigenvalue weighted by atomic mass is 35.5. The molecule has 1 heterocycles. The van der Waals surface area contributed by atoms with Gasteiger partial charge in [-0.15, -0.1) is 0 Å². The number of benzene rings is 1. The van der Waals surface area contributed by atoms with E-state index in [2.05, 4.69) is 23.6 Å². The predicted octanol–water partition coefficient (Wildman–Crippen LogP) is 3.60. The summed E-state index contributed by atoms with van der Waals surface area (Å²) in [4.78, 5) is 0. The molecular weight excluding hydrogens is 220 g/mol. The maximum atomic E-state index is 8.67. The van der Waals surface area contributed by atoms with Gasteiger partial charge in [0.05, 0.1) is 16.6 Å². The fraction of sp³-hybridized carbons (Fsp3) is 0.308. The van der Waals surface area contributed by atoms with Gasteiger partial charge in [0.25, 0.3) is 0 Å². The fourth-order valence-electron chi connectivity index (χ4n) is 2.16. The molecule has 0 atom stereocenters. The highest BCUT2D eigenvalue weighted by Crippen LogP contribution is 2.30. The maximum absolute atomic E-state index is 8.67. The van der Waals surface area contributed by atoms with Crippen molar-refractivity contribution in [1.82, 2.24) is 4.57 Å². The van der Waals surface area contributed by atoms with Gasteiger partial charge in [-0.05, 0) is 25.0 Å². The van der Waals surface area contributed by atoms with Crippen LogP contribution in [0.5, 0.6) is 0 Å². The summed E-state index contributed by atoms with van der Waals surface area (Å²) in [5.74, 6) is 0. The van der Waals surface area contributed by atoms with Crippen LogP contribution >= 0.6 is 11.6 Å². The molecular formula is C13H13ClN2. The minimum absolute atomic E-state index is 0.548. The number of aromatic nitrogens is 1. The third-order valence-electron chi connectivity index (χ3n) is 3.07. The summed E-state index contributed by atoms with van der Waals surface area (Å²) in [5, 5.41) is 10.6. The number of rotatable bonds is 2. The lowest BCUT2D eigenvalue weighted by Gasteiger charge is -2.00. The van der Waals surface area contributed by atoms with E-state index in [0.29, 0.717) is 6.42 Å². The van der Waals surface area contributed by atoms with Crippen LogP contribution < -0.4 is 0 Å². The second-order valence-electron chi connectivity index (χ2n) is 3.92. The third-order valence-corrected chi connectivity index (χ3v) is 3.38. The van der Waals surface area contributed by atoms with E-state index in [-0.39, 0.29) is 0 Å². The number of hydrogen-bond acceptors (Lipinski definition) is 1. The monoisotopic (exact) mass is 232 g/mol. The molecule has 0 unspecified atom stereocenters. The van der Waals surface area contributed by atoms with Gasteiger partial charge < -0.3 is 4.57 Å². The molecule has 2 nitrogen and oxygen atoms in total. The normalized spacial score (nSPS) is 10.6. The summed E-state index contributed by atoms with van der Waals surface area (Å²) in [6.45, 7) is 2.07. The van der Waals surface area contributed by atoms with Crippen molar-refractivity contribution in [2.75, 3.05) is 0 Å². The van der Waals surface area contributed by atoms with E-state index in [1.807, 2.05) is 19.2 Å². The first kappa shape index (κ1) is 11.0.